The molecule has 17 heavy (non-hydrogen) atoms. The maximum Gasteiger partial charge on any atom is 0.134 e. The van der Waals surface area contributed by atoms with Crippen LogP contribution in [0.3, 0.4) is 0 Å². The number of nitrogens with one attached hydrogen (secondary N) is 1. The zero-order valence-corrected chi connectivity index (χ0v) is 10.4. The van der Waals surface area contributed by atoms with Gasteiger partial charge in [0.2, 0.25) is 0 Å². The maximum atomic E-state index is 5.80. The first-order valence-electron chi connectivity index (χ1n) is 5.52. The van der Waals surface area contributed by atoms with Crippen LogP contribution >= 0.6 is 11.6 Å². The van der Waals surface area contributed by atoms with Crippen molar-refractivity contribution in [1.29, 1.82) is 0 Å². The molecule has 0 amide bonds. The summed E-state index contributed by atoms with van der Waals surface area (Å²) in [6.07, 6.45) is 2.41. The number of nitrogens with zero attached hydrogens (tertiary/aromatic N) is 2. The largest absolute Gasteiger partial charge is 0.367 e. The lowest BCUT2D eigenvalue weighted by Crippen LogP contribution is -2.18. The molecule has 4 heteroatoms. The van der Waals surface area contributed by atoms with Gasteiger partial charge in [-0.3, -0.25) is 0 Å². The molecule has 0 radical (unpaired) electrons. The van der Waals surface area contributed by atoms with Gasteiger partial charge >= 0.3 is 0 Å². The molecular weight excluding hydrogens is 234 g/mol. The number of anilines is 1. The average Bonchev–Trinajstić information content (AvgIpc) is 2.30. The molecule has 3 nitrogen and oxygen atoms in total. The van der Waals surface area contributed by atoms with E-state index in [0.29, 0.717) is 11.2 Å². The Morgan fingerprint density at radius 3 is 2.71 bits per heavy atom. The highest BCUT2D eigenvalue weighted by molar-refractivity contribution is 6.29. The molecule has 1 atom stereocenters. The second kappa shape index (κ2) is 5.64. The SMILES string of the molecule is CC(Cc1ccccc1)Nc1cc(Cl)ncn1. The van der Waals surface area contributed by atoms with Gasteiger partial charge < -0.3 is 5.32 Å². The van der Waals surface area contributed by atoms with Gasteiger partial charge in [0.1, 0.15) is 17.3 Å². The van der Waals surface area contributed by atoms with Gasteiger partial charge in [-0.25, -0.2) is 9.97 Å². The third kappa shape index (κ3) is 3.71. The second-order valence-electron chi connectivity index (χ2n) is 3.96. The summed E-state index contributed by atoms with van der Waals surface area (Å²) in [7, 11) is 0. The van der Waals surface area contributed by atoms with Gasteiger partial charge in [-0.1, -0.05) is 41.9 Å². The molecule has 0 aliphatic carbocycles. The van der Waals surface area contributed by atoms with Crippen LogP contribution in [-0.4, -0.2) is 16.0 Å². The Hall–Kier alpha value is -1.61. The van der Waals surface area contributed by atoms with E-state index >= 15 is 0 Å². The van der Waals surface area contributed by atoms with Crippen molar-refractivity contribution < 1.29 is 0 Å². The summed E-state index contributed by atoms with van der Waals surface area (Å²) in [6, 6.07) is 12.4. The van der Waals surface area contributed by atoms with Crippen LogP contribution in [0, 0.1) is 0 Å². The van der Waals surface area contributed by atoms with E-state index in [4.69, 9.17) is 11.6 Å². The highest BCUT2D eigenvalue weighted by atomic mass is 35.5. The summed E-state index contributed by atoms with van der Waals surface area (Å²) in [4.78, 5) is 7.96. The smallest absolute Gasteiger partial charge is 0.134 e. The van der Waals surface area contributed by atoms with Crippen LogP contribution in [0.25, 0.3) is 0 Å². The first kappa shape index (κ1) is 11.9. The molecular formula is C13H14ClN3. The molecule has 1 unspecified atom stereocenters. The average molecular weight is 248 g/mol. The Bertz CT molecular complexity index is 473. The van der Waals surface area contributed by atoms with Crippen LogP contribution in [0.5, 0.6) is 0 Å². The van der Waals surface area contributed by atoms with Crippen molar-refractivity contribution in [1.82, 2.24) is 9.97 Å². The van der Waals surface area contributed by atoms with Crippen LogP contribution in [-0.2, 0) is 6.42 Å². The molecule has 0 bridgehead atoms. The fourth-order valence-corrected chi connectivity index (χ4v) is 1.83. The zero-order valence-electron chi connectivity index (χ0n) is 9.60. The van der Waals surface area contributed by atoms with Crippen molar-refractivity contribution in [2.45, 2.75) is 19.4 Å². The Morgan fingerprint density at radius 2 is 2.00 bits per heavy atom. The summed E-state index contributed by atoms with van der Waals surface area (Å²) in [5.41, 5.74) is 1.30. The Balaban J connectivity index is 1.96. The molecule has 1 heterocycles. The van der Waals surface area contributed by atoms with Gasteiger partial charge in [-0.2, -0.15) is 0 Å². The van der Waals surface area contributed by atoms with E-state index < -0.39 is 0 Å². The van der Waals surface area contributed by atoms with E-state index in [1.807, 2.05) is 18.2 Å². The van der Waals surface area contributed by atoms with Gasteiger partial charge in [0.25, 0.3) is 0 Å². The Morgan fingerprint density at radius 1 is 1.24 bits per heavy atom. The molecule has 0 aliphatic rings. The molecule has 1 N–H and O–H groups in total. The summed E-state index contributed by atoms with van der Waals surface area (Å²) >= 11 is 5.80. The van der Waals surface area contributed by atoms with Crippen LogP contribution in [0.15, 0.2) is 42.7 Å². The lowest BCUT2D eigenvalue weighted by atomic mass is 10.1. The van der Waals surface area contributed by atoms with Gasteiger partial charge in [-0.05, 0) is 18.9 Å². The van der Waals surface area contributed by atoms with E-state index in [1.54, 1.807) is 6.07 Å². The van der Waals surface area contributed by atoms with Crippen LogP contribution in [0.4, 0.5) is 5.82 Å². The Kier molecular flexibility index (Phi) is 3.94. The molecule has 1 aromatic heterocycles. The third-order valence-electron chi connectivity index (χ3n) is 2.41. The normalized spacial score (nSPS) is 12.1. The molecule has 88 valence electrons. The lowest BCUT2D eigenvalue weighted by Gasteiger charge is -2.14. The number of hydrogen-bond donors (Lipinski definition) is 1. The number of aromatic nitrogens is 2. The minimum atomic E-state index is 0.295. The summed E-state index contributed by atoms with van der Waals surface area (Å²) in [6.45, 7) is 2.11. The molecule has 0 spiro atoms. The van der Waals surface area contributed by atoms with Crippen molar-refractivity contribution >= 4 is 17.4 Å². The number of halogens is 1. The van der Waals surface area contributed by atoms with E-state index in [2.05, 4.69) is 34.3 Å². The highest BCUT2D eigenvalue weighted by Gasteiger charge is 2.04. The molecule has 0 saturated carbocycles. The van der Waals surface area contributed by atoms with Gasteiger partial charge in [0.15, 0.2) is 0 Å². The van der Waals surface area contributed by atoms with E-state index in [-0.39, 0.29) is 0 Å². The van der Waals surface area contributed by atoms with Crippen molar-refractivity contribution in [3.05, 3.63) is 53.4 Å². The topological polar surface area (TPSA) is 37.8 Å². The molecule has 0 aliphatic heterocycles. The van der Waals surface area contributed by atoms with E-state index in [0.717, 1.165) is 12.2 Å². The predicted molar refractivity (Wildman–Crippen MR) is 70.3 cm³/mol. The number of hydrogen-bond acceptors (Lipinski definition) is 3. The maximum absolute atomic E-state index is 5.80. The van der Waals surface area contributed by atoms with Crippen molar-refractivity contribution in [2.24, 2.45) is 0 Å². The van der Waals surface area contributed by atoms with E-state index in [1.165, 1.54) is 11.9 Å². The minimum absolute atomic E-state index is 0.295. The van der Waals surface area contributed by atoms with E-state index in [9.17, 15) is 0 Å². The first-order chi connectivity index (χ1) is 8.24. The van der Waals surface area contributed by atoms with Crippen LogP contribution < -0.4 is 5.32 Å². The first-order valence-corrected chi connectivity index (χ1v) is 5.90. The molecule has 2 rings (SSSR count). The zero-order chi connectivity index (χ0) is 12.1. The number of rotatable bonds is 4. The predicted octanol–water partition coefficient (Wildman–Crippen LogP) is 3.17. The summed E-state index contributed by atoms with van der Waals surface area (Å²) in [5, 5.41) is 3.75. The minimum Gasteiger partial charge on any atom is -0.367 e. The summed E-state index contributed by atoms with van der Waals surface area (Å²) in [5.74, 6) is 0.758. The van der Waals surface area contributed by atoms with Gasteiger partial charge in [0, 0.05) is 12.1 Å². The van der Waals surface area contributed by atoms with Crippen molar-refractivity contribution in [2.75, 3.05) is 5.32 Å². The Labute approximate surface area is 106 Å². The number of benzene rings is 1. The van der Waals surface area contributed by atoms with Crippen LogP contribution in [0.2, 0.25) is 5.15 Å². The molecule has 1 aromatic carbocycles. The second-order valence-corrected chi connectivity index (χ2v) is 4.35. The van der Waals surface area contributed by atoms with Crippen molar-refractivity contribution in [3.8, 4) is 0 Å². The van der Waals surface area contributed by atoms with Gasteiger partial charge in [-0.15, -0.1) is 0 Å². The molecule has 0 fully saturated rings. The third-order valence-corrected chi connectivity index (χ3v) is 2.62. The fourth-order valence-electron chi connectivity index (χ4n) is 1.68. The fraction of sp³-hybridized carbons (Fsp3) is 0.231. The highest BCUT2D eigenvalue weighted by Crippen LogP contribution is 2.11. The standard InChI is InChI=1S/C13H14ClN3/c1-10(7-11-5-3-2-4-6-11)17-13-8-12(14)15-9-16-13/h2-6,8-10H,7H2,1H3,(H,15,16,17). The quantitative estimate of drug-likeness (QED) is 0.844. The molecule has 2 aromatic rings. The summed E-state index contributed by atoms with van der Waals surface area (Å²) < 4.78 is 0. The van der Waals surface area contributed by atoms with Crippen LogP contribution in [0.1, 0.15) is 12.5 Å². The van der Waals surface area contributed by atoms with Crippen molar-refractivity contribution in [3.63, 3.8) is 0 Å². The monoisotopic (exact) mass is 247 g/mol. The molecule has 0 saturated heterocycles. The van der Waals surface area contributed by atoms with Gasteiger partial charge in [0.05, 0.1) is 0 Å². The lowest BCUT2D eigenvalue weighted by molar-refractivity contribution is 0.783.